The molecule has 0 spiro atoms. The number of aromatic nitrogens is 1. The van der Waals surface area contributed by atoms with Gasteiger partial charge in [-0.15, -0.1) is 0 Å². The molecule has 0 aliphatic rings. The van der Waals surface area contributed by atoms with Crippen LogP contribution in [0.1, 0.15) is 16.1 Å². The molecule has 32 heavy (non-hydrogen) atoms. The number of hydrogen-bond donors (Lipinski definition) is 0. The summed E-state index contributed by atoms with van der Waals surface area (Å²) in [6.45, 7) is 1.82. The quantitative estimate of drug-likeness (QED) is 0.318. The van der Waals surface area contributed by atoms with Gasteiger partial charge in [0, 0.05) is 31.9 Å². The minimum absolute atomic E-state index is 0.178. The van der Waals surface area contributed by atoms with E-state index in [1.165, 1.54) is 38.6 Å². The summed E-state index contributed by atoms with van der Waals surface area (Å²) < 4.78 is 34.7. The maximum atomic E-state index is 10.4. The van der Waals surface area contributed by atoms with Crippen LogP contribution in [-0.2, 0) is 17.2 Å². The third-order valence-electron chi connectivity index (χ3n) is 4.91. The molecule has 0 saturated heterocycles. The lowest BCUT2D eigenvalue weighted by atomic mass is 10.2. The first-order valence-electron chi connectivity index (χ1n) is 10.0. The number of aryl methyl sites for hydroxylation is 2. The molecule has 1 aromatic heterocycles. The Morgan fingerprint density at radius 1 is 0.906 bits per heavy atom. The van der Waals surface area contributed by atoms with Crippen molar-refractivity contribution in [1.29, 1.82) is 0 Å². The Labute approximate surface area is 193 Å². The molecule has 0 radical (unpaired) electrons. The van der Waals surface area contributed by atoms with E-state index in [0.717, 1.165) is 5.56 Å². The van der Waals surface area contributed by atoms with Crippen molar-refractivity contribution in [2.75, 3.05) is 19.0 Å². The highest BCUT2D eigenvalue weighted by Crippen LogP contribution is 2.21. The Morgan fingerprint density at radius 2 is 1.53 bits per heavy atom. The number of benzene rings is 3. The number of anilines is 1. The van der Waals surface area contributed by atoms with Gasteiger partial charge in [0.15, 0.2) is 0 Å². The average Bonchev–Trinajstić information content (AvgIpc) is 3.08. The van der Waals surface area contributed by atoms with Crippen LogP contribution in [0.2, 0.25) is 0 Å². The van der Waals surface area contributed by atoms with Gasteiger partial charge in [-0.1, -0.05) is 53.3 Å². The van der Waals surface area contributed by atoms with E-state index in [1.807, 2.05) is 18.3 Å². The van der Waals surface area contributed by atoms with Gasteiger partial charge in [-0.05, 0) is 48.9 Å². The number of hydrogen-bond acceptors (Lipinski definition) is 5. The van der Waals surface area contributed by atoms with Gasteiger partial charge in [-0.25, -0.2) is 8.42 Å². The summed E-state index contributed by atoms with van der Waals surface area (Å²) in [5.41, 5.74) is 4.65. The van der Waals surface area contributed by atoms with Gasteiger partial charge in [-0.2, -0.15) is 4.57 Å². The van der Waals surface area contributed by atoms with Crippen molar-refractivity contribution < 1.29 is 17.5 Å². The Morgan fingerprint density at radius 3 is 2.09 bits per heavy atom. The largest absolute Gasteiger partial charge is 0.744 e. The zero-order chi connectivity index (χ0) is 23.3. The standard InChI is InChI=1S/C18H19N2S.C7H8O3S/c1-19(2)15-11-8-14(9-12-15)10-13-18-20(3)16-6-4-5-7-17(16)21-18;1-6-2-4-7(5-3-6)11(8,9)10/h4-13H,1-3H3;2-5H,1H3,(H,8,9,10)/q+1;/p-1. The van der Waals surface area contributed by atoms with Gasteiger partial charge in [0.2, 0.25) is 5.52 Å². The molecule has 4 aromatic rings. The van der Waals surface area contributed by atoms with E-state index in [9.17, 15) is 13.0 Å². The molecule has 0 saturated carbocycles. The molecule has 7 heteroatoms. The van der Waals surface area contributed by atoms with Crippen molar-refractivity contribution in [1.82, 2.24) is 0 Å². The molecule has 3 aromatic carbocycles. The maximum absolute atomic E-state index is 10.4. The first-order valence-corrected chi connectivity index (χ1v) is 12.2. The summed E-state index contributed by atoms with van der Waals surface area (Å²) >= 11 is 1.82. The number of thiazole rings is 1. The first kappa shape index (κ1) is 23.7. The topological polar surface area (TPSA) is 64.3 Å². The zero-order valence-corrected chi connectivity index (χ0v) is 20.2. The second kappa shape index (κ2) is 10.1. The highest BCUT2D eigenvalue weighted by molar-refractivity contribution is 7.85. The molecule has 0 fully saturated rings. The van der Waals surface area contributed by atoms with Crippen LogP contribution in [0, 0.1) is 6.92 Å². The molecule has 1 heterocycles. The van der Waals surface area contributed by atoms with Crippen LogP contribution in [0.5, 0.6) is 0 Å². The summed E-state index contributed by atoms with van der Waals surface area (Å²) in [6.07, 6.45) is 4.36. The van der Waals surface area contributed by atoms with E-state index in [2.05, 4.69) is 91.3 Å². The summed E-state index contributed by atoms with van der Waals surface area (Å²) in [5, 5.41) is 1.26. The SMILES string of the molecule is CN(C)c1ccc(C=Cc2sc3ccccc3[n+]2C)cc1.Cc1ccc(S(=O)(=O)[O-])cc1. The van der Waals surface area contributed by atoms with Gasteiger partial charge in [0.05, 0.1) is 4.90 Å². The average molecular weight is 467 g/mol. The van der Waals surface area contributed by atoms with Crippen LogP contribution in [0.4, 0.5) is 5.69 Å². The van der Waals surface area contributed by atoms with Gasteiger partial charge < -0.3 is 9.45 Å². The normalized spacial score (nSPS) is 11.4. The van der Waals surface area contributed by atoms with E-state index in [1.54, 1.807) is 12.1 Å². The predicted octanol–water partition coefficient (Wildman–Crippen LogP) is 4.86. The van der Waals surface area contributed by atoms with Crippen LogP contribution in [0.3, 0.4) is 0 Å². The maximum Gasteiger partial charge on any atom is 0.262 e. The first-order chi connectivity index (χ1) is 15.1. The lowest BCUT2D eigenvalue weighted by Gasteiger charge is -2.11. The van der Waals surface area contributed by atoms with Crippen molar-refractivity contribution in [2.45, 2.75) is 11.8 Å². The fourth-order valence-corrected chi connectivity index (χ4v) is 4.54. The summed E-state index contributed by atoms with van der Waals surface area (Å²) in [7, 11) is 1.96. The van der Waals surface area contributed by atoms with E-state index >= 15 is 0 Å². The van der Waals surface area contributed by atoms with Crippen LogP contribution in [0.15, 0.2) is 77.7 Å². The molecule has 4 rings (SSSR count). The zero-order valence-electron chi connectivity index (χ0n) is 18.5. The van der Waals surface area contributed by atoms with Crippen molar-refractivity contribution in [3.8, 4) is 0 Å². The number of rotatable bonds is 4. The third kappa shape index (κ3) is 6.03. The molecule has 166 valence electrons. The smallest absolute Gasteiger partial charge is 0.262 e. The molecule has 0 atom stereocenters. The van der Waals surface area contributed by atoms with E-state index in [0.29, 0.717) is 0 Å². The van der Waals surface area contributed by atoms with Crippen LogP contribution < -0.4 is 9.47 Å². The highest BCUT2D eigenvalue weighted by Gasteiger charge is 2.13. The number of para-hydroxylation sites is 1. The molecule has 0 aliphatic carbocycles. The molecule has 0 amide bonds. The number of fused-ring (bicyclic) bond motifs is 1. The highest BCUT2D eigenvalue weighted by atomic mass is 32.2. The number of nitrogens with zero attached hydrogens (tertiary/aromatic N) is 2. The lowest BCUT2D eigenvalue weighted by molar-refractivity contribution is -0.642. The van der Waals surface area contributed by atoms with E-state index in [4.69, 9.17) is 0 Å². The molecular weight excluding hydrogens is 440 g/mol. The van der Waals surface area contributed by atoms with Crippen molar-refractivity contribution in [3.63, 3.8) is 0 Å². The predicted molar refractivity (Wildman–Crippen MR) is 132 cm³/mol. The summed E-state index contributed by atoms with van der Waals surface area (Å²) in [4.78, 5) is 1.93. The van der Waals surface area contributed by atoms with Gasteiger partial charge in [0.25, 0.3) is 5.01 Å². The minimum atomic E-state index is -4.27. The second-order valence-electron chi connectivity index (χ2n) is 7.55. The lowest BCUT2D eigenvalue weighted by Crippen LogP contribution is -2.28. The molecular formula is C25H26N2O3S2. The van der Waals surface area contributed by atoms with Crippen molar-refractivity contribution in [2.24, 2.45) is 7.05 Å². The molecule has 5 nitrogen and oxygen atoms in total. The Hall–Kier alpha value is -3.00. The molecule has 0 unspecified atom stereocenters. The second-order valence-corrected chi connectivity index (χ2v) is 10.00. The fourth-order valence-electron chi connectivity index (χ4n) is 3.02. The van der Waals surface area contributed by atoms with Gasteiger partial charge in [-0.3, -0.25) is 0 Å². The molecule has 0 N–H and O–H groups in total. The molecule has 0 bridgehead atoms. The van der Waals surface area contributed by atoms with Crippen LogP contribution >= 0.6 is 11.3 Å². The van der Waals surface area contributed by atoms with Gasteiger partial charge >= 0.3 is 0 Å². The Kier molecular flexibility index (Phi) is 7.45. The summed E-state index contributed by atoms with van der Waals surface area (Å²) in [6, 6.07) is 22.9. The molecule has 0 aliphatic heterocycles. The van der Waals surface area contributed by atoms with Crippen LogP contribution in [0.25, 0.3) is 22.4 Å². The van der Waals surface area contributed by atoms with E-state index in [-0.39, 0.29) is 4.90 Å². The van der Waals surface area contributed by atoms with Gasteiger partial charge in [0.1, 0.15) is 21.9 Å². The monoisotopic (exact) mass is 466 g/mol. The fraction of sp³-hybridized carbons (Fsp3) is 0.160. The summed E-state index contributed by atoms with van der Waals surface area (Å²) in [5.74, 6) is 0. The van der Waals surface area contributed by atoms with Crippen molar-refractivity contribution in [3.05, 3.63) is 88.9 Å². The minimum Gasteiger partial charge on any atom is -0.744 e. The third-order valence-corrected chi connectivity index (χ3v) is 6.94. The van der Waals surface area contributed by atoms with E-state index < -0.39 is 10.1 Å². The van der Waals surface area contributed by atoms with Crippen LogP contribution in [-0.4, -0.2) is 27.1 Å². The van der Waals surface area contributed by atoms with Crippen molar-refractivity contribution >= 4 is 49.5 Å². The Balaban J connectivity index is 0.000000222. The Bertz CT molecular complexity index is 1320.